The molecule has 0 unspecified atom stereocenters. The van der Waals surface area contributed by atoms with Gasteiger partial charge in [-0.1, -0.05) is 36.1 Å². The average Bonchev–Trinajstić information content (AvgIpc) is 2.72. The number of carbonyl (C=O) groups excluding carboxylic acids is 1. The molecule has 0 bridgehead atoms. The summed E-state index contributed by atoms with van der Waals surface area (Å²) in [4.78, 5) is 12.1. The molecule has 0 heterocycles. The van der Waals surface area contributed by atoms with Crippen molar-refractivity contribution in [2.24, 2.45) is 0 Å². The molecule has 1 amide bonds. The van der Waals surface area contributed by atoms with Crippen molar-refractivity contribution in [3.05, 3.63) is 90.0 Å². The van der Waals surface area contributed by atoms with Crippen LogP contribution in [0.3, 0.4) is 0 Å². The lowest BCUT2D eigenvalue weighted by Crippen LogP contribution is -2.21. The Morgan fingerprint density at radius 1 is 0.852 bits per heavy atom. The van der Waals surface area contributed by atoms with E-state index >= 15 is 0 Å². The molecule has 27 heavy (non-hydrogen) atoms. The zero-order valence-corrected chi connectivity index (χ0v) is 15.0. The highest BCUT2D eigenvalue weighted by Gasteiger charge is 2.03. The summed E-state index contributed by atoms with van der Waals surface area (Å²) >= 11 is 0. The van der Waals surface area contributed by atoms with Gasteiger partial charge in [-0.3, -0.25) is 4.79 Å². The molecule has 0 spiro atoms. The molecule has 4 heteroatoms. The molecule has 2 N–H and O–H groups in total. The van der Waals surface area contributed by atoms with Crippen LogP contribution in [-0.2, 0) is 4.79 Å². The van der Waals surface area contributed by atoms with Crippen molar-refractivity contribution in [3.8, 4) is 17.6 Å². The normalized spacial score (nSPS) is 9.67. The number of ether oxygens (including phenoxy) is 1. The predicted octanol–water partition coefficient (Wildman–Crippen LogP) is 4.15. The maximum atomic E-state index is 12.1. The second kappa shape index (κ2) is 9.12. The Kier molecular flexibility index (Phi) is 6.11. The Morgan fingerprint density at radius 3 is 2.30 bits per heavy atom. The fraction of sp³-hybridized carbons (Fsp3) is 0.0870. The van der Waals surface area contributed by atoms with Crippen LogP contribution in [0.15, 0.2) is 78.9 Å². The third-order valence-electron chi connectivity index (χ3n) is 3.81. The fourth-order valence-corrected chi connectivity index (χ4v) is 2.43. The molecular weight excluding hydrogens is 336 g/mol. The van der Waals surface area contributed by atoms with Gasteiger partial charge in [0, 0.05) is 22.5 Å². The molecule has 0 saturated carbocycles. The number of benzene rings is 3. The van der Waals surface area contributed by atoms with E-state index in [-0.39, 0.29) is 12.5 Å². The lowest BCUT2D eigenvalue weighted by atomic mass is 10.1. The highest BCUT2D eigenvalue weighted by molar-refractivity contribution is 5.93. The van der Waals surface area contributed by atoms with E-state index in [1.165, 1.54) is 0 Å². The summed E-state index contributed by atoms with van der Waals surface area (Å²) in [5.74, 6) is 6.89. The Bertz CT molecular complexity index is 955. The lowest BCUT2D eigenvalue weighted by molar-refractivity contribution is -0.114. The minimum absolute atomic E-state index is 0.124. The number of hydrogen-bond acceptors (Lipinski definition) is 3. The molecule has 0 aliphatic rings. The van der Waals surface area contributed by atoms with E-state index in [2.05, 4.69) is 22.5 Å². The van der Waals surface area contributed by atoms with Crippen LogP contribution >= 0.6 is 0 Å². The van der Waals surface area contributed by atoms with Gasteiger partial charge in [0.15, 0.2) is 0 Å². The van der Waals surface area contributed by atoms with E-state index in [0.717, 1.165) is 28.3 Å². The van der Waals surface area contributed by atoms with Crippen LogP contribution in [0.1, 0.15) is 11.1 Å². The predicted molar refractivity (Wildman–Crippen MR) is 109 cm³/mol. The first kappa shape index (κ1) is 18.1. The number of anilines is 2. The van der Waals surface area contributed by atoms with Gasteiger partial charge in [-0.25, -0.2) is 0 Å². The summed E-state index contributed by atoms with van der Waals surface area (Å²) in [6.07, 6.45) is 0. The molecule has 0 aliphatic heterocycles. The van der Waals surface area contributed by atoms with Crippen molar-refractivity contribution in [2.75, 3.05) is 24.3 Å². The SMILES string of the molecule is COc1ccc(NC(=O)CNc2cccc(C#Cc3ccccc3)c2)cc1. The summed E-state index contributed by atoms with van der Waals surface area (Å²) in [5, 5.41) is 5.96. The van der Waals surface area contributed by atoms with Crippen molar-refractivity contribution in [1.29, 1.82) is 0 Å². The molecule has 0 radical (unpaired) electrons. The number of amides is 1. The van der Waals surface area contributed by atoms with E-state index in [4.69, 9.17) is 4.74 Å². The number of rotatable bonds is 5. The van der Waals surface area contributed by atoms with Crippen LogP contribution < -0.4 is 15.4 Å². The molecule has 3 rings (SSSR count). The third kappa shape index (κ3) is 5.65. The molecule has 0 fully saturated rings. The van der Waals surface area contributed by atoms with Gasteiger partial charge in [-0.15, -0.1) is 0 Å². The summed E-state index contributed by atoms with van der Waals surface area (Å²) in [6, 6.07) is 24.7. The first-order valence-electron chi connectivity index (χ1n) is 8.58. The van der Waals surface area contributed by atoms with E-state index in [1.54, 1.807) is 31.4 Å². The summed E-state index contributed by atoms with van der Waals surface area (Å²) in [5.41, 5.74) is 3.43. The molecule has 0 aliphatic carbocycles. The van der Waals surface area contributed by atoms with E-state index in [0.29, 0.717) is 0 Å². The maximum Gasteiger partial charge on any atom is 0.243 e. The zero-order valence-electron chi connectivity index (χ0n) is 15.0. The Morgan fingerprint density at radius 2 is 1.56 bits per heavy atom. The topological polar surface area (TPSA) is 50.4 Å². The maximum absolute atomic E-state index is 12.1. The van der Waals surface area contributed by atoms with E-state index in [1.807, 2.05) is 54.6 Å². The number of nitrogens with one attached hydrogen (secondary N) is 2. The van der Waals surface area contributed by atoms with Crippen LogP contribution in [0, 0.1) is 11.8 Å². The Labute approximate surface area is 159 Å². The van der Waals surface area contributed by atoms with E-state index in [9.17, 15) is 4.79 Å². The van der Waals surface area contributed by atoms with Crippen molar-refractivity contribution in [3.63, 3.8) is 0 Å². The molecule has 134 valence electrons. The highest BCUT2D eigenvalue weighted by Crippen LogP contribution is 2.15. The molecule has 0 aromatic heterocycles. The highest BCUT2D eigenvalue weighted by atomic mass is 16.5. The first-order chi connectivity index (χ1) is 13.2. The van der Waals surface area contributed by atoms with Gasteiger partial charge in [0.2, 0.25) is 5.91 Å². The van der Waals surface area contributed by atoms with Crippen molar-refractivity contribution in [2.45, 2.75) is 0 Å². The summed E-state index contributed by atoms with van der Waals surface area (Å²) in [6.45, 7) is 0.168. The van der Waals surface area contributed by atoms with Gasteiger partial charge in [-0.05, 0) is 54.6 Å². The number of carbonyl (C=O) groups is 1. The molecule has 0 atom stereocenters. The molecular formula is C23H20N2O2. The largest absolute Gasteiger partial charge is 0.497 e. The summed E-state index contributed by atoms with van der Waals surface area (Å²) < 4.78 is 5.10. The van der Waals surface area contributed by atoms with Crippen LogP contribution in [0.25, 0.3) is 0 Å². The van der Waals surface area contributed by atoms with Gasteiger partial charge in [-0.2, -0.15) is 0 Å². The third-order valence-corrected chi connectivity index (χ3v) is 3.81. The zero-order chi connectivity index (χ0) is 18.9. The monoisotopic (exact) mass is 356 g/mol. The van der Waals surface area contributed by atoms with Crippen molar-refractivity contribution < 1.29 is 9.53 Å². The van der Waals surface area contributed by atoms with Gasteiger partial charge >= 0.3 is 0 Å². The molecule has 3 aromatic rings. The summed E-state index contributed by atoms with van der Waals surface area (Å²) in [7, 11) is 1.61. The van der Waals surface area contributed by atoms with Crippen LogP contribution in [0.4, 0.5) is 11.4 Å². The van der Waals surface area contributed by atoms with E-state index < -0.39 is 0 Å². The standard InChI is InChI=1S/C23H20N2O2/c1-27-22-14-12-20(13-15-22)25-23(26)17-24-21-9-5-8-19(16-21)11-10-18-6-3-2-4-7-18/h2-9,12-16,24H,17H2,1H3,(H,25,26). The van der Waals surface area contributed by atoms with Gasteiger partial charge in [0.05, 0.1) is 13.7 Å². The second-order valence-electron chi connectivity index (χ2n) is 5.83. The quantitative estimate of drug-likeness (QED) is 0.676. The van der Waals surface area contributed by atoms with Gasteiger partial charge < -0.3 is 15.4 Å². The molecule has 3 aromatic carbocycles. The minimum Gasteiger partial charge on any atom is -0.497 e. The van der Waals surface area contributed by atoms with Crippen LogP contribution in [-0.4, -0.2) is 19.6 Å². The smallest absolute Gasteiger partial charge is 0.243 e. The number of methoxy groups -OCH3 is 1. The van der Waals surface area contributed by atoms with Crippen LogP contribution in [0.5, 0.6) is 5.75 Å². The van der Waals surface area contributed by atoms with Crippen LogP contribution in [0.2, 0.25) is 0 Å². The van der Waals surface area contributed by atoms with Gasteiger partial charge in [0.25, 0.3) is 0 Å². The fourth-order valence-electron chi connectivity index (χ4n) is 2.43. The Hall–Kier alpha value is -3.71. The Balaban J connectivity index is 1.56. The molecule has 4 nitrogen and oxygen atoms in total. The number of hydrogen-bond donors (Lipinski definition) is 2. The lowest BCUT2D eigenvalue weighted by Gasteiger charge is -2.08. The van der Waals surface area contributed by atoms with Gasteiger partial charge in [0.1, 0.15) is 5.75 Å². The van der Waals surface area contributed by atoms with Crippen molar-refractivity contribution in [1.82, 2.24) is 0 Å². The molecule has 0 saturated heterocycles. The second-order valence-corrected chi connectivity index (χ2v) is 5.83. The average molecular weight is 356 g/mol. The first-order valence-corrected chi connectivity index (χ1v) is 8.58. The minimum atomic E-state index is -0.124. The van der Waals surface area contributed by atoms with Crippen molar-refractivity contribution >= 4 is 17.3 Å².